The molecule has 0 bridgehead atoms. The normalized spacial score (nSPS) is 18.5. The summed E-state index contributed by atoms with van der Waals surface area (Å²) >= 11 is 1.69. The number of amides is 2. The Balaban J connectivity index is 0.000000209. The third-order valence-corrected chi connectivity index (χ3v) is 7.45. The second kappa shape index (κ2) is 11.5. The number of nitrogens with one attached hydrogen (secondary N) is 2. The van der Waals surface area contributed by atoms with Crippen LogP contribution in [0, 0.1) is 11.8 Å². The van der Waals surface area contributed by atoms with E-state index in [4.69, 9.17) is 5.73 Å². The summed E-state index contributed by atoms with van der Waals surface area (Å²) in [5.41, 5.74) is 8.93. The Morgan fingerprint density at radius 2 is 2.16 bits per heavy atom. The quantitative estimate of drug-likeness (QED) is 0.337. The van der Waals surface area contributed by atoms with Crippen LogP contribution >= 0.6 is 11.8 Å². The van der Waals surface area contributed by atoms with Gasteiger partial charge in [-0.25, -0.2) is 9.37 Å². The molecule has 4 N–H and O–H groups in total. The van der Waals surface area contributed by atoms with Crippen LogP contribution in [0.5, 0.6) is 0 Å². The van der Waals surface area contributed by atoms with Gasteiger partial charge in [0.1, 0.15) is 17.9 Å². The molecule has 11 heteroatoms. The lowest BCUT2D eigenvalue weighted by Gasteiger charge is -2.20. The highest BCUT2D eigenvalue weighted by molar-refractivity contribution is 7.99. The van der Waals surface area contributed by atoms with Crippen molar-refractivity contribution in [2.45, 2.75) is 36.6 Å². The van der Waals surface area contributed by atoms with Crippen molar-refractivity contribution in [3.8, 4) is 11.8 Å². The Labute approximate surface area is 219 Å². The largest absolute Gasteiger partial charge is 0.371 e. The van der Waals surface area contributed by atoms with E-state index >= 15 is 0 Å². The number of rotatable bonds is 6. The predicted molar refractivity (Wildman–Crippen MR) is 144 cm³/mol. The van der Waals surface area contributed by atoms with E-state index in [1.165, 1.54) is 18.9 Å². The molecule has 9 nitrogen and oxygen atoms in total. The zero-order valence-corrected chi connectivity index (χ0v) is 21.6. The van der Waals surface area contributed by atoms with Crippen LogP contribution < -0.4 is 11.1 Å². The summed E-state index contributed by atoms with van der Waals surface area (Å²) in [4.78, 5) is 28.9. The number of benzene rings is 1. The van der Waals surface area contributed by atoms with E-state index in [1.54, 1.807) is 23.7 Å². The number of fused-ring (bicyclic) bond motifs is 1. The Morgan fingerprint density at radius 3 is 2.78 bits per heavy atom. The van der Waals surface area contributed by atoms with Crippen LogP contribution in [0.1, 0.15) is 46.9 Å². The number of hydrogen-bond donors (Lipinski definition) is 3. The van der Waals surface area contributed by atoms with Crippen LogP contribution in [-0.2, 0) is 4.79 Å². The number of nitrogens with two attached hydrogens (primary N) is 1. The summed E-state index contributed by atoms with van der Waals surface area (Å²) in [5.74, 6) is 5.63. The zero-order valence-electron chi connectivity index (χ0n) is 20.8. The summed E-state index contributed by atoms with van der Waals surface area (Å²) in [7, 11) is 1.67. The predicted octanol–water partition coefficient (Wildman–Crippen LogP) is 3.11. The van der Waals surface area contributed by atoms with Gasteiger partial charge >= 0.3 is 0 Å². The second-order valence-corrected chi connectivity index (χ2v) is 10.0. The topological polar surface area (TPSA) is 122 Å². The Kier molecular flexibility index (Phi) is 8.18. The van der Waals surface area contributed by atoms with Gasteiger partial charge in [-0.3, -0.25) is 14.7 Å². The van der Waals surface area contributed by atoms with Crippen LogP contribution in [-0.4, -0.2) is 74.3 Å². The number of alkyl halides is 1. The van der Waals surface area contributed by atoms with Crippen molar-refractivity contribution in [3.63, 3.8) is 0 Å². The highest BCUT2D eigenvalue weighted by Gasteiger charge is 2.33. The van der Waals surface area contributed by atoms with Crippen molar-refractivity contribution in [1.29, 1.82) is 0 Å². The summed E-state index contributed by atoms with van der Waals surface area (Å²) in [6.45, 7) is 3.61. The lowest BCUT2D eigenvalue weighted by molar-refractivity contribution is -0.127. The number of likely N-dealkylation sites (tertiary alicyclic amines) is 1. The van der Waals surface area contributed by atoms with Gasteiger partial charge in [0.05, 0.1) is 23.4 Å². The van der Waals surface area contributed by atoms with Crippen LogP contribution in [0.2, 0.25) is 0 Å². The van der Waals surface area contributed by atoms with E-state index < -0.39 is 12.6 Å². The fourth-order valence-electron chi connectivity index (χ4n) is 4.32. The minimum Gasteiger partial charge on any atom is -0.371 e. The molecule has 2 atom stereocenters. The number of hydrogen-bond acceptors (Lipinski definition) is 6. The van der Waals surface area contributed by atoms with Gasteiger partial charge in [-0.2, -0.15) is 16.9 Å². The average molecular weight is 524 g/mol. The van der Waals surface area contributed by atoms with Gasteiger partial charge in [0.2, 0.25) is 5.91 Å². The third kappa shape index (κ3) is 5.80. The smallest absolute Gasteiger partial charge is 0.255 e. The molecular formula is C26H30FN7O2S. The zero-order chi connectivity index (χ0) is 26.5. The molecule has 3 aromatic rings. The van der Waals surface area contributed by atoms with Crippen molar-refractivity contribution in [3.05, 3.63) is 54.0 Å². The van der Waals surface area contributed by atoms with Gasteiger partial charge in [0.15, 0.2) is 5.82 Å². The van der Waals surface area contributed by atoms with E-state index in [0.717, 1.165) is 23.0 Å². The molecular weight excluding hydrogens is 493 g/mol. The Bertz CT molecular complexity index is 1370. The number of nitrogens with zero attached hydrogens (tertiary/aromatic N) is 4. The molecule has 2 aromatic heterocycles. The van der Waals surface area contributed by atoms with E-state index in [-0.39, 0.29) is 17.5 Å². The summed E-state index contributed by atoms with van der Waals surface area (Å²) in [6, 6.07) is 6.29. The van der Waals surface area contributed by atoms with Crippen molar-refractivity contribution < 1.29 is 14.0 Å². The van der Waals surface area contributed by atoms with Gasteiger partial charge in [0, 0.05) is 30.4 Å². The standard InChI is InChI=1S/C17H16N6O.C9H14FNOS/c1-19-17-15(16(18)24)12(21-22-17)6-2-10-3-7-14-13(8-10)20-9-23(14)11-4-5-11;1-3-9(12)11-6-8(13-2)4-7(11)5-10/h3,7-9,11H,4-5H2,1H3,(H2,18,24)(H2,19,21,22);3,7-8H,1,4-6H2,2H3. The van der Waals surface area contributed by atoms with E-state index in [9.17, 15) is 14.0 Å². The fourth-order valence-corrected chi connectivity index (χ4v) is 5.04. The lowest BCUT2D eigenvalue weighted by Crippen LogP contribution is -2.35. The Morgan fingerprint density at radius 1 is 1.38 bits per heavy atom. The summed E-state index contributed by atoms with van der Waals surface area (Å²) < 4.78 is 14.7. The van der Waals surface area contributed by atoms with Gasteiger partial charge < -0.3 is 20.5 Å². The maximum atomic E-state index is 12.5. The van der Waals surface area contributed by atoms with Crippen molar-refractivity contribution >= 4 is 40.4 Å². The molecule has 37 heavy (non-hydrogen) atoms. The molecule has 2 amide bonds. The van der Waals surface area contributed by atoms with Crippen molar-refractivity contribution in [2.24, 2.45) is 5.73 Å². The maximum absolute atomic E-state index is 12.5. The number of aromatic amines is 1. The third-order valence-electron chi connectivity index (χ3n) is 6.44. The van der Waals surface area contributed by atoms with Crippen LogP contribution in [0.4, 0.5) is 10.2 Å². The molecule has 3 heterocycles. The molecule has 2 fully saturated rings. The number of anilines is 1. The molecule has 0 spiro atoms. The van der Waals surface area contributed by atoms with Crippen LogP contribution in [0.3, 0.4) is 0 Å². The number of halogens is 1. The minimum absolute atomic E-state index is 0.154. The highest BCUT2D eigenvalue weighted by atomic mass is 32.2. The summed E-state index contributed by atoms with van der Waals surface area (Å²) in [6.07, 6.45) is 8.33. The molecule has 2 aliphatic rings. The number of carbonyl (C=O) groups excluding carboxylic acids is 2. The first kappa shape index (κ1) is 26.3. The van der Waals surface area contributed by atoms with Crippen molar-refractivity contribution in [1.82, 2.24) is 24.6 Å². The number of primary amides is 1. The van der Waals surface area contributed by atoms with E-state index in [0.29, 0.717) is 29.3 Å². The van der Waals surface area contributed by atoms with Gasteiger partial charge in [-0.05, 0) is 55.7 Å². The average Bonchev–Trinajstić information content (AvgIpc) is 3.34. The van der Waals surface area contributed by atoms with Gasteiger partial charge in [0.25, 0.3) is 5.91 Å². The first-order chi connectivity index (χ1) is 17.9. The van der Waals surface area contributed by atoms with Crippen LogP contribution in [0.25, 0.3) is 11.0 Å². The molecule has 1 aromatic carbocycles. The number of aromatic nitrogens is 4. The van der Waals surface area contributed by atoms with Gasteiger partial charge in [-0.15, -0.1) is 0 Å². The monoisotopic (exact) mass is 523 g/mol. The van der Waals surface area contributed by atoms with Crippen molar-refractivity contribution in [2.75, 3.05) is 31.8 Å². The maximum Gasteiger partial charge on any atom is 0.255 e. The molecule has 0 radical (unpaired) electrons. The van der Waals surface area contributed by atoms with E-state index in [2.05, 4.69) is 43.5 Å². The molecule has 194 valence electrons. The highest BCUT2D eigenvalue weighted by Crippen LogP contribution is 2.37. The molecule has 5 rings (SSSR count). The first-order valence-electron chi connectivity index (χ1n) is 12.0. The SMILES string of the molecule is C=CC(=O)N1CC(SC)CC1CF.CNc1n[nH]c(C#Cc2ccc3c(c2)ncn3C2CC2)c1C(N)=O. The second-order valence-electron chi connectivity index (χ2n) is 8.87. The number of carbonyl (C=O) groups is 2. The minimum atomic E-state index is -0.573. The summed E-state index contributed by atoms with van der Waals surface area (Å²) in [5, 5.41) is 9.92. The van der Waals surface area contributed by atoms with Crippen LogP contribution in [0.15, 0.2) is 37.2 Å². The molecule has 1 saturated heterocycles. The van der Waals surface area contributed by atoms with E-state index in [1.807, 2.05) is 30.8 Å². The molecule has 1 aliphatic carbocycles. The Hall–Kier alpha value is -3.78. The fraction of sp³-hybridized carbons (Fsp3) is 0.385. The number of thioether (sulfide) groups is 1. The lowest BCUT2D eigenvalue weighted by atomic mass is 10.1. The number of H-pyrrole nitrogens is 1. The molecule has 1 saturated carbocycles. The molecule has 2 unspecified atom stereocenters. The first-order valence-corrected chi connectivity index (χ1v) is 13.2. The van der Waals surface area contributed by atoms with Gasteiger partial charge in [-0.1, -0.05) is 12.5 Å². The number of imidazole rings is 1. The molecule has 1 aliphatic heterocycles.